The number of piperazine rings is 1. The van der Waals surface area contributed by atoms with Gasteiger partial charge in [0.1, 0.15) is 5.78 Å². The largest absolute Gasteiger partial charge is 0.341 e. The molecule has 0 aliphatic carbocycles. The minimum Gasteiger partial charge on any atom is -0.341 e. The van der Waals surface area contributed by atoms with Gasteiger partial charge in [-0.1, -0.05) is 6.42 Å². The first-order valence-electron chi connectivity index (χ1n) is 8.41. The van der Waals surface area contributed by atoms with Crippen LogP contribution in [0.25, 0.3) is 0 Å². The number of likely N-dealkylation sites (tertiary alicyclic amines) is 1. The molecule has 5 nitrogen and oxygen atoms in total. The second-order valence-electron chi connectivity index (χ2n) is 6.84. The third-order valence-electron chi connectivity index (χ3n) is 5.33. The number of carbonyl (C=O) groups excluding carboxylic acids is 2. The van der Waals surface area contributed by atoms with Crippen molar-refractivity contribution in [2.45, 2.75) is 51.1 Å². The van der Waals surface area contributed by atoms with E-state index in [1.54, 1.807) is 0 Å². The van der Waals surface area contributed by atoms with Gasteiger partial charge in [-0.15, -0.1) is 0 Å². The molecule has 0 bridgehead atoms. The van der Waals surface area contributed by atoms with Gasteiger partial charge in [0.2, 0.25) is 5.91 Å². The van der Waals surface area contributed by atoms with Gasteiger partial charge in [0.05, 0.1) is 6.54 Å². The normalized spacial score (nSPS) is 32.0. The number of Topliss-reactive ketones (excluding diaryl/α,β-unsaturated/α-hetero) is 1. The Morgan fingerprint density at radius 1 is 1.14 bits per heavy atom. The molecule has 1 amide bonds. The molecule has 5 heteroatoms. The van der Waals surface area contributed by atoms with E-state index in [4.69, 9.17) is 0 Å². The second-order valence-corrected chi connectivity index (χ2v) is 6.84. The highest BCUT2D eigenvalue weighted by atomic mass is 16.2. The fourth-order valence-electron chi connectivity index (χ4n) is 3.91. The summed E-state index contributed by atoms with van der Waals surface area (Å²) in [5, 5.41) is 0. The Labute approximate surface area is 127 Å². The molecule has 118 valence electrons. The number of fused-ring (bicyclic) bond motifs is 1. The molecule has 3 aliphatic rings. The molecular weight excluding hydrogens is 266 g/mol. The van der Waals surface area contributed by atoms with Crippen LogP contribution in [0.3, 0.4) is 0 Å². The smallest absolute Gasteiger partial charge is 0.236 e. The molecule has 0 aromatic heterocycles. The van der Waals surface area contributed by atoms with Crippen molar-refractivity contribution in [3.63, 3.8) is 0 Å². The molecule has 2 unspecified atom stereocenters. The van der Waals surface area contributed by atoms with Gasteiger partial charge in [-0.3, -0.25) is 19.4 Å². The number of nitrogens with zero attached hydrogens (tertiary/aromatic N) is 3. The molecule has 0 aromatic carbocycles. The molecule has 0 N–H and O–H groups in total. The van der Waals surface area contributed by atoms with Crippen LogP contribution in [0.15, 0.2) is 0 Å². The first-order chi connectivity index (χ1) is 10.1. The molecule has 3 saturated heterocycles. The van der Waals surface area contributed by atoms with E-state index < -0.39 is 0 Å². The number of hydrogen-bond acceptors (Lipinski definition) is 4. The summed E-state index contributed by atoms with van der Waals surface area (Å²) in [6.07, 6.45) is 5.00. The number of carbonyl (C=O) groups is 2. The lowest BCUT2D eigenvalue weighted by Gasteiger charge is -2.47. The summed E-state index contributed by atoms with van der Waals surface area (Å²) in [6, 6.07) is 1.10. The standard InChI is InChI=1S/C16H27N3O2/c1-13-10-18-7-3-2-4-14(18)11-19(13)12-16(21)17-8-5-15(20)6-9-17/h13-14H,2-12H2,1H3. The van der Waals surface area contributed by atoms with Crippen molar-refractivity contribution in [3.8, 4) is 0 Å². The molecule has 3 aliphatic heterocycles. The van der Waals surface area contributed by atoms with Gasteiger partial charge in [0.15, 0.2) is 0 Å². The Balaban J connectivity index is 1.54. The minimum absolute atomic E-state index is 0.207. The highest BCUT2D eigenvalue weighted by Crippen LogP contribution is 2.24. The third kappa shape index (κ3) is 3.46. The Kier molecular flexibility index (Phi) is 4.60. The van der Waals surface area contributed by atoms with Crippen molar-refractivity contribution in [2.24, 2.45) is 0 Å². The number of hydrogen-bond donors (Lipinski definition) is 0. The summed E-state index contributed by atoms with van der Waals surface area (Å²) in [5.41, 5.74) is 0. The van der Waals surface area contributed by atoms with E-state index in [1.807, 2.05) is 4.90 Å². The van der Waals surface area contributed by atoms with Crippen molar-refractivity contribution in [3.05, 3.63) is 0 Å². The van der Waals surface area contributed by atoms with Crippen LogP contribution in [0.1, 0.15) is 39.0 Å². The van der Waals surface area contributed by atoms with Crippen LogP contribution in [0.4, 0.5) is 0 Å². The quantitative estimate of drug-likeness (QED) is 0.753. The summed E-state index contributed by atoms with van der Waals surface area (Å²) >= 11 is 0. The summed E-state index contributed by atoms with van der Waals surface area (Å²) < 4.78 is 0. The SMILES string of the molecule is CC1CN2CCCCC2CN1CC(=O)N1CCC(=O)CC1. The Hall–Kier alpha value is -0.940. The van der Waals surface area contributed by atoms with Crippen molar-refractivity contribution < 1.29 is 9.59 Å². The van der Waals surface area contributed by atoms with E-state index in [1.165, 1.54) is 25.8 Å². The number of ketones is 1. The van der Waals surface area contributed by atoms with E-state index in [2.05, 4.69) is 16.7 Å². The van der Waals surface area contributed by atoms with Crippen molar-refractivity contribution in [2.75, 3.05) is 39.3 Å². The van der Waals surface area contributed by atoms with Crippen molar-refractivity contribution in [1.82, 2.24) is 14.7 Å². The van der Waals surface area contributed by atoms with Gasteiger partial charge in [-0.05, 0) is 26.3 Å². The van der Waals surface area contributed by atoms with Gasteiger partial charge in [0, 0.05) is 51.1 Å². The molecule has 3 fully saturated rings. The van der Waals surface area contributed by atoms with E-state index in [-0.39, 0.29) is 5.91 Å². The van der Waals surface area contributed by atoms with Crippen LogP contribution < -0.4 is 0 Å². The van der Waals surface area contributed by atoms with Crippen LogP contribution in [0, 0.1) is 0 Å². The minimum atomic E-state index is 0.207. The summed E-state index contributed by atoms with van der Waals surface area (Å²) in [6.45, 7) is 7.35. The summed E-state index contributed by atoms with van der Waals surface area (Å²) in [4.78, 5) is 30.5. The fraction of sp³-hybridized carbons (Fsp3) is 0.875. The lowest BCUT2D eigenvalue weighted by molar-refractivity contribution is -0.137. The maximum atomic E-state index is 12.4. The zero-order valence-electron chi connectivity index (χ0n) is 13.1. The molecule has 3 heterocycles. The fourth-order valence-corrected chi connectivity index (χ4v) is 3.91. The highest BCUT2D eigenvalue weighted by Gasteiger charge is 2.34. The molecular formula is C16H27N3O2. The van der Waals surface area contributed by atoms with Gasteiger partial charge in [-0.25, -0.2) is 0 Å². The predicted molar refractivity (Wildman–Crippen MR) is 81.1 cm³/mol. The monoisotopic (exact) mass is 293 g/mol. The first-order valence-corrected chi connectivity index (χ1v) is 8.41. The van der Waals surface area contributed by atoms with Gasteiger partial charge in [-0.2, -0.15) is 0 Å². The molecule has 2 atom stereocenters. The average molecular weight is 293 g/mol. The zero-order valence-corrected chi connectivity index (χ0v) is 13.1. The van der Waals surface area contributed by atoms with Crippen LogP contribution >= 0.6 is 0 Å². The van der Waals surface area contributed by atoms with E-state index in [9.17, 15) is 9.59 Å². The molecule has 0 saturated carbocycles. The third-order valence-corrected chi connectivity index (χ3v) is 5.33. The topological polar surface area (TPSA) is 43.9 Å². The zero-order chi connectivity index (χ0) is 14.8. The van der Waals surface area contributed by atoms with Crippen molar-refractivity contribution in [1.29, 1.82) is 0 Å². The Bertz CT molecular complexity index is 402. The molecule has 0 radical (unpaired) electrons. The van der Waals surface area contributed by atoms with E-state index in [0.717, 1.165) is 13.1 Å². The van der Waals surface area contributed by atoms with Crippen LogP contribution in [0.2, 0.25) is 0 Å². The van der Waals surface area contributed by atoms with Crippen LogP contribution in [-0.2, 0) is 9.59 Å². The predicted octanol–water partition coefficient (Wildman–Crippen LogP) is 0.737. The highest BCUT2D eigenvalue weighted by molar-refractivity contribution is 5.84. The number of rotatable bonds is 2. The summed E-state index contributed by atoms with van der Waals surface area (Å²) in [5.74, 6) is 0.502. The molecule has 0 aromatic rings. The van der Waals surface area contributed by atoms with E-state index >= 15 is 0 Å². The summed E-state index contributed by atoms with van der Waals surface area (Å²) in [7, 11) is 0. The van der Waals surface area contributed by atoms with Gasteiger partial charge < -0.3 is 4.90 Å². The van der Waals surface area contributed by atoms with Gasteiger partial charge >= 0.3 is 0 Å². The Morgan fingerprint density at radius 3 is 2.67 bits per heavy atom. The molecule has 0 spiro atoms. The molecule has 21 heavy (non-hydrogen) atoms. The van der Waals surface area contributed by atoms with E-state index in [0.29, 0.717) is 50.3 Å². The lowest BCUT2D eigenvalue weighted by Crippen LogP contribution is -2.60. The second kappa shape index (κ2) is 6.44. The number of amides is 1. The first kappa shape index (κ1) is 15.0. The van der Waals surface area contributed by atoms with Crippen LogP contribution in [0.5, 0.6) is 0 Å². The lowest BCUT2D eigenvalue weighted by atomic mass is 9.97. The maximum Gasteiger partial charge on any atom is 0.236 e. The average Bonchev–Trinajstić information content (AvgIpc) is 2.48. The Morgan fingerprint density at radius 2 is 1.90 bits per heavy atom. The van der Waals surface area contributed by atoms with Crippen LogP contribution in [-0.4, -0.2) is 77.7 Å². The number of piperidine rings is 2. The van der Waals surface area contributed by atoms with Crippen molar-refractivity contribution >= 4 is 11.7 Å². The molecule has 3 rings (SSSR count). The maximum absolute atomic E-state index is 12.4. The van der Waals surface area contributed by atoms with Gasteiger partial charge in [0.25, 0.3) is 0 Å².